The highest BCUT2D eigenvalue weighted by Gasteiger charge is 2.14. The third kappa shape index (κ3) is 3.92. The number of aromatic amines is 1. The van der Waals surface area contributed by atoms with Crippen molar-refractivity contribution in [2.24, 2.45) is 0 Å². The first-order chi connectivity index (χ1) is 14.2. The maximum atomic E-state index is 13.9. The number of hydrogen-bond donors (Lipinski definition) is 3. The van der Waals surface area contributed by atoms with E-state index >= 15 is 0 Å². The van der Waals surface area contributed by atoms with Gasteiger partial charge in [-0.15, -0.1) is 0 Å². The molecular formula is C19H16F2N6O2S. The standard InChI is InChI=1S/C19H16F2N6O2S/c1-10-7-11(9-12(8-10)30(2,28)29)23-19-22-6-5-15(25-19)24-18-13-3-4-14(20)16(21)17(13)26-27-18/h3-9H,1-2H3,(H3,22,23,24,25,26,27). The molecule has 0 aliphatic carbocycles. The van der Waals surface area contributed by atoms with Gasteiger partial charge in [-0.3, -0.25) is 5.10 Å². The van der Waals surface area contributed by atoms with Gasteiger partial charge in [-0.25, -0.2) is 22.2 Å². The number of aryl methyl sites for hydroxylation is 1. The van der Waals surface area contributed by atoms with Crippen LogP contribution in [0.1, 0.15) is 5.56 Å². The zero-order valence-electron chi connectivity index (χ0n) is 15.9. The summed E-state index contributed by atoms with van der Waals surface area (Å²) in [7, 11) is -3.37. The lowest BCUT2D eigenvalue weighted by Gasteiger charge is -2.09. The van der Waals surface area contributed by atoms with Gasteiger partial charge < -0.3 is 10.6 Å². The van der Waals surface area contributed by atoms with E-state index in [4.69, 9.17) is 0 Å². The first-order valence-corrected chi connectivity index (χ1v) is 10.6. The molecular weight excluding hydrogens is 414 g/mol. The minimum Gasteiger partial charge on any atom is -0.324 e. The summed E-state index contributed by atoms with van der Waals surface area (Å²) in [5.74, 6) is -1.16. The molecule has 0 saturated heterocycles. The van der Waals surface area contributed by atoms with Crippen LogP contribution in [-0.4, -0.2) is 34.8 Å². The third-order valence-corrected chi connectivity index (χ3v) is 5.36. The Morgan fingerprint density at radius 1 is 1.07 bits per heavy atom. The number of sulfone groups is 1. The third-order valence-electron chi connectivity index (χ3n) is 4.27. The predicted molar refractivity (Wildman–Crippen MR) is 109 cm³/mol. The van der Waals surface area contributed by atoms with Gasteiger partial charge in [0.2, 0.25) is 5.95 Å². The van der Waals surface area contributed by atoms with E-state index in [0.29, 0.717) is 16.9 Å². The minimum atomic E-state index is -3.37. The Morgan fingerprint density at radius 3 is 2.63 bits per heavy atom. The van der Waals surface area contributed by atoms with E-state index in [0.717, 1.165) is 17.9 Å². The molecule has 0 aliphatic heterocycles. The average molecular weight is 430 g/mol. The molecule has 0 unspecified atom stereocenters. The lowest BCUT2D eigenvalue weighted by molar-refractivity contribution is 0.515. The highest BCUT2D eigenvalue weighted by Crippen LogP contribution is 2.27. The number of benzene rings is 2. The van der Waals surface area contributed by atoms with Crippen LogP contribution >= 0.6 is 0 Å². The van der Waals surface area contributed by atoms with Gasteiger partial charge in [0.1, 0.15) is 11.3 Å². The van der Waals surface area contributed by atoms with Gasteiger partial charge in [0.25, 0.3) is 0 Å². The Morgan fingerprint density at radius 2 is 1.87 bits per heavy atom. The second-order valence-electron chi connectivity index (χ2n) is 6.68. The normalized spacial score (nSPS) is 11.6. The van der Waals surface area contributed by atoms with Crippen molar-refractivity contribution in [3.63, 3.8) is 0 Å². The Bertz CT molecular complexity index is 1370. The Balaban J connectivity index is 1.61. The molecule has 0 bridgehead atoms. The zero-order valence-corrected chi connectivity index (χ0v) is 16.7. The maximum Gasteiger partial charge on any atom is 0.229 e. The highest BCUT2D eigenvalue weighted by molar-refractivity contribution is 7.90. The number of nitrogens with one attached hydrogen (secondary N) is 3. The molecule has 0 spiro atoms. The van der Waals surface area contributed by atoms with E-state index in [1.54, 1.807) is 25.1 Å². The van der Waals surface area contributed by atoms with Gasteiger partial charge in [0.05, 0.1) is 4.90 Å². The van der Waals surface area contributed by atoms with Crippen LogP contribution in [0.5, 0.6) is 0 Å². The molecule has 0 amide bonds. The predicted octanol–water partition coefficient (Wildman–Crippen LogP) is 3.83. The molecule has 154 valence electrons. The van der Waals surface area contributed by atoms with Crippen LogP contribution in [0.25, 0.3) is 10.9 Å². The van der Waals surface area contributed by atoms with E-state index in [-0.39, 0.29) is 22.2 Å². The molecule has 8 nitrogen and oxygen atoms in total. The highest BCUT2D eigenvalue weighted by atomic mass is 32.2. The van der Waals surface area contributed by atoms with Crippen molar-refractivity contribution in [2.75, 3.05) is 16.9 Å². The molecule has 0 atom stereocenters. The topological polar surface area (TPSA) is 113 Å². The summed E-state index contributed by atoms with van der Waals surface area (Å²) in [5, 5.41) is 12.7. The maximum absolute atomic E-state index is 13.9. The van der Waals surface area contributed by atoms with Crippen LogP contribution in [-0.2, 0) is 9.84 Å². The summed E-state index contributed by atoms with van der Waals surface area (Å²) in [5.41, 5.74) is 1.21. The minimum absolute atomic E-state index is 0.0574. The van der Waals surface area contributed by atoms with Crippen molar-refractivity contribution in [3.05, 3.63) is 59.8 Å². The van der Waals surface area contributed by atoms with E-state index in [1.165, 1.54) is 18.3 Å². The van der Waals surface area contributed by atoms with Crippen molar-refractivity contribution in [3.8, 4) is 0 Å². The van der Waals surface area contributed by atoms with Crippen molar-refractivity contribution in [2.45, 2.75) is 11.8 Å². The summed E-state index contributed by atoms with van der Waals surface area (Å²) in [6.07, 6.45) is 2.62. The first kappa shape index (κ1) is 19.7. The van der Waals surface area contributed by atoms with E-state index < -0.39 is 21.5 Å². The molecule has 0 saturated carbocycles. The number of aromatic nitrogens is 4. The first-order valence-electron chi connectivity index (χ1n) is 8.71. The van der Waals surface area contributed by atoms with Gasteiger partial charge in [0, 0.05) is 23.5 Å². The van der Waals surface area contributed by atoms with Crippen molar-refractivity contribution in [1.29, 1.82) is 0 Å². The second kappa shape index (κ2) is 7.34. The Kier molecular flexibility index (Phi) is 4.82. The quantitative estimate of drug-likeness (QED) is 0.441. The molecule has 2 aromatic carbocycles. The molecule has 4 aromatic rings. The molecule has 0 aliphatic rings. The van der Waals surface area contributed by atoms with E-state index in [2.05, 4.69) is 30.8 Å². The van der Waals surface area contributed by atoms with Crippen LogP contribution in [0.3, 0.4) is 0 Å². The Labute approximate surface area is 170 Å². The number of anilines is 4. The molecule has 2 heterocycles. The number of H-pyrrole nitrogens is 1. The Hall–Kier alpha value is -3.60. The average Bonchev–Trinajstić information content (AvgIpc) is 3.07. The molecule has 2 aromatic heterocycles. The fourth-order valence-corrected chi connectivity index (χ4v) is 3.64. The van der Waals surface area contributed by atoms with Crippen LogP contribution < -0.4 is 10.6 Å². The largest absolute Gasteiger partial charge is 0.324 e. The SMILES string of the molecule is Cc1cc(Nc2nccc(Nc3n[nH]c4c(F)c(F)ccc34)n2)cc(S(C)(=O)=O)c1. The summed E-state index contributed by atoms with van der Waals surface area (Å²) < 4.78 is 50.9. The zero-order chi connectivity index (χ0) is 21.5. The number of fused-ring (bicyclic) bond motifs is 1. The second-order valence-corrected chi connectivity index (χ2v) is 8.69. The lowest BCUT2D eigenvalue weighted by Crippen LogP contribution is -2.03. The molecule has 11 heteroatoms. The fraction of sp³-hybridized carbons (Fsp3) is 0.105. The van der Waals surface area contributed by atoms with Crippen LogP contribution in [0.15, 0.2) is 47.5 Å². The molecule has 0 fully saturated rings. The van der Waals surface area contributed by atoms with Crippen molar-refractivity contribution < 1.29 is 17.2 Å². The molecule has 30 heavy (non-hydrogen) atoms. The fourth-order valence-electron chi connectivity index (χ4n) is 2.90. The van der Waals surface area contributed by atoms with Crippen molar-refractivity contribution >= 4 is 44.0 Å². The van der Waals surface area contributed by atoms with Gasteiger partial charge in [-0.1, -0.05) is 0 Å². The number of hydrogen-bond acceptors (Lipinski definition) is 7. The summed E-state index contributed by atoms with van der Waals surface area (Å²) >= 11 is 0. The molecule has 0 radical (unpaired) electrons. The van der Waals surface area contributed by atoms with Crippen LogP contribution in [0.4, 0.5) is 32.1 Å². The lowest BCUT2D eigenvalue weighted by atomic mass is 10.2. The number of halogens is 2. The smallest absolute Gasteiger partial charge is 0.229 e. The summed E-state index contributed by atoms with van der Waals surface area (Å²) in [4.78, 5) is 8.61. The van der Waals surface area contributed by atoms with Gasteiger partial charge in [0.15, 0.2) is 27.3 Å². The van der Waals surface area contributed by atoms with Crippen LogP contribution in [0, 0.1) is 18.6 Å². The van der Waals surface area contributed by atoms with Gasteiger partial charge in [-0.05, 0) is 48.9 Å². The van der Waals surface area contributed by atoms with Crippen molar-refractivity contribution in [1.82, 2.24) is 20.2 Å². The monoisotopic (exact) mass is 430 g/mol. The summed E-state index contributed by atoms with van der Waals surface area (Å²) in [6, 6.07) is 8.82. The van der Waals surface area contributed by atoms with Gasteiger partial charge >= 0.3 is 0 Å². The number of nitrogens with zero attached hydrogens (tertiary/aromatic N) is 3. The number of rotatable bonds is 5. The summed E-state index contributed by atoms with van der Waals surface area (Å²) in [6.45, 7) is 1.78. The molecule has 4 rings (SSSR count). The van der Waals surface area contributed by atoms with E-state index in [1.807, 2.05) is 0 Å². The van der Waals surface area contributed by atoms with Crippen LogP contribution in [0.2, 0.25) is 0 Å². The molecule has 3 N–H and O–H groups in total. The van der Waals surface area contributed by atoms with Gasteiger partial charge in [-0.2, -0.15) is 10.1 Å². The van der Waals surface area contributed by atoms with E-state index in [9.17, 15) is 17.2 Å².